The predicted molar refractivity (Wildman–Crippen MR) is 119 cm³/mol. The number of amides is 1. The molecule has 8 heteroatoms. The Balaban J connectivity index is 1.30. The molecule has 0 atom stereocenters. The van der Waals surface area contributed by atoms with Crippen LogP contribution in [0.25, 0.3) is 6.08 Å². The quantitative estimate of drug-likeness (QED) is 0.760. The van der Waals surface area contributed by atoms with E-state index in [9.17, 15) is 4.79 Å². The fourth-order valence-corrected chi connectivity index (χ4v) is 3.97. The maximum Gasteiger partial charge on any atom is 0.250 e. The van der Waals surface area contributed by atoms with Gasteiger partial charge in [0.05, 0.1) is 5.57 Å². The van der Waals surface area contributed by atoms with E-state index in [1.807, 2.05) is 43.3 Å². The molecule has 1 fully saturated rings. The Morgan fingerprint density at radius 1 is 1.17 bits per heavy atom. The van der Waals surface area contributed by atoms with E-state index in [-0.39, 0.29) is 18.6 Å². The number of ether oxygens (including phenoxy) is 1. The van der Waals surface area contributed by atoms with Crippen molar-refractivity contribution in [3.8, 4) is 5.75 Å². The highest BCUT2D eigenvalue weighted by molar-refractivity contribution is 6.30. The summed E-state index contributed by atoms with van der Waals surface area (Å²) >= 11 is 6.05. The van der Waals surface area contributed by atoms with Gasteiger partial charge in [-0.15, -0.1) is 0 Å². The zero-order chi connectivity index (χ0) is 21.1. The molecule has 2 heterocycles. The number of hydrogen-bond acceptors (Lipinski definition) is 6. The number of nitrogens with one attached hydrogen (secondary N) is 2. The number of halogens is 1. The summed E-state index contributed by atoms with van der Waals surface area (Å²) in [6, 6.07) is 7.78. The fraction of sp³-hybridized carbons (Fsp3) is 0.409. The summed E-state index contributed by atoms with van der Waals surface area (Å²) in [4.78, 5) is 23.5. The first kappa shape index (κ1) is 20.5. The average molecular weight is 428 g/mol. The zero-order valence-electron chi connectivity index (χ0n) is 17.2. The first-order valence-electron chi connectivity index (χ1n) is 10.2. The van der Waals surface area contributed by atoms with Crippen LogP contribution in [0.15, 0.2) is 36.0 Å². The van der Waals surface area contributed by atoms with E-state index in [0.29, 0.717) is 22.6 Å². The number of carbonyl (C=O) groups excluding carboxylic acids is 1. The van der Waals surface area contributed by atoms with Gasteiger partial charge in [0.15, 0.2) is 0 Å². The van der Waals surface area contributed by atoms with Crippen molar-refractivity contribution >= 4 is 35.4 Å². The lowest BCUT2D eigenvalue weighted by Crippen LogP contribution is -2.41. The molecule has 1 aliphatic carbocycles. The van der Waals surface area contributed by atoms with Crippen molar-refractivity contribution in [2.45, 2.75) is 37.8 Å². The Labute approximate surface area is 181 Å². The summed E-state index contributed by atoms with van der Waals surface area (Å²) in [6.07, 6.45) is 7.35. The highest BCUT2D eigenvalue weighted by Crippen LogP contribution is 2.29. The van der Waals surface area contributed by atoms with Crippen LogP contribution in [0.1, 0.15) is 31.2 Å². The van der Waals surface area contributed by atoms with E-state index >= 15 is 0 Å². The van der Waals surface area contributed by atoms with Crippen molar-refractivity contribution in [1.29, 1.82) is 0 Å². The van der Waals surface area contributed by atoms with Crippen LogP contribution in [0.4, 0.5) is 11.8 Å². The van der Waals surface area contributed by atoms with Crippen LogP contribution in [0.5, 0.6) is 5.75 Å². The Morgan fingerprint density at radius 2 is 1.93 bits per heavy atom. The van der Waals surface area contributed by atoms with E-state index in [1.165, 1.54) is 0 Å². The molecule has 1 aromatic heterocycles. The number of anilines is 2. The van der Waals surface area contributed by atoms with E-state index in [2.05, 4.69) is 20.6 Å². The standard InChI is InChI=1S/C22H26ClN5O2/c1-28(2)20-9-10-24-22(27-20)26-18-6-4-17(5-7-18)25-21(29)15-11-14-12-16(23)3-8-19(14)30-13-15/h3,8-12,17-18H,4-7,13H2,1-2H3,(H,25,29)(H,24,26,27)/t17-,18+. The molecule has 2 N–H and O–H groups in total. The summed E-state index contributed by atoms with van der Waals surface area (Å²) < 4.78 is 5.70. The van der Waals surface area contributed by atoms with Crippen molar-refractivity contribution in [1.82, 2.24) is 15.3 Å². The third-order valence-electron chi connectivity index (χ3n) is 5.47. The van der Waals surface area contributed by atoms with Crippen LogP contribution in [0.2, 0.25) is 5.02 Å². The number of benzene rings is 1. The molecule has 1 amide bonds. The molecule has 1 aliphatic heterocycles. The smallest absolute Gasteiger partial charge is 0.250 e. The first-order valence-corrected chi connectivity index (χ1v) is 10.6. The zero-order valence-corrected chi connectivity index (χ0v) is 17.9. The van der Waals surface area contributed by atoms with E-state index in [1.54, 1.807) is 12.3 Å². The summed E-state index contributed by atoms with van der Waals surface area (Å²) in [6.45, 7) is 0.275. The number of hydrogen-bond donors (Lipinski definition) is 2. The summed E-state index contributed by atoms with van der Waals surface area (Å²) in [5, 5.41) is 7.21. The molecule has 0 saturated heterocycles. The van der Waals surface area contributed by atoms with Gasteiger partial charge in [0.2, 0.25) is 5.95 Å². The van der Waals surface area contributed by atoms with Crippen molar-refractivity contribution in [3.05, 3.63) is 46.6 Å². The van der Waals surface area contributed by atoms with Crippen LogP contribution in [-0.4, -0.2) is 48.7 Å². The topological polar surface area (TPSA) is 79.4 Å². The summed E-state index contributed by atoms with van der Waals surface area (Å²) in [5.74, 6) is 2.21. The van der Waals surface area contributed by atoms with Crippen LogP contribution in [0.3, 0.4) is 0 Å². The monoisotopic (exact) mass is 427 g/mol. The Kier molecular flexibility index (Phi) is 6.08. The molecule has 0 unspecified atom stereocenters. The van der Waals surface area contributed by atoms with Gasteiger partial charge in [-0.05, 0) is 56.0 Å². The van der Waals surface area contributed by atoms with Crippen molar-refractivity contribution < 1.29 is 9.53 Å². The SMILES string of the molecule is CN(C)c1ccnc(N[C@H]2CC[C@@H](NC(=O)C3=Cc4cc(Cl)ccc4OC3)CC2)n1. The minimum absolute atomic E-state index is 0.0703. The normalized spacial score (nSPS) is 20.4. The first-order chi connectivity index (χ1) is 14.5. The second-order valence-corrected chi connectivity index (χ2v) is 8.38. The molecule has 0 bridgehead atoms. The fourth-order valence-electron chi connectivity index (χ4n) is 3.79. The van der Waals surface area contributed by atoms with Gasteiger partial charge in [-0.25, -0.2) is 4.98 Å². The van der Waals surface area contributed by atoms with Gasteiger partial charge in [0.25, 0.3) is 5.91 Å². The molecule has 0 radical (unpaired) electrons. The van der Waals surface area contributed by atoms with E-state index in [0.717, 1.165) is 42.8 Å². The van der Waals surface area contributed by atoms with Crippen molar-refractivity contribution in [2.75, 3.05) is 30.9 Å². The van der Waals surface area contributed by atoms with Crippen LogP contribution in [-0.2, 0) is 4.79 Å². The van der Waals surface area contributed by atoms with E-state index in [4.69, 9.17) is 16.3 Å². The highest BCUT2D eigenvalue weighted by atomic mass is 35.5. The molecule has 1 saturated carbocycles. The summed E-state index contributed by atoms with van der Waals surface area (Å²) in [7, 11) is 3.92. The molecular formula is C22H26ClN5O2. The molecular weight excluding hydrogens is 402 g/mol. The number of rotatable bonds is 5. The highest BCUT2D eigenvalue weighted by Gasteiger charge is 2.25. The predicted octanol–water partition coefficient (Wildman–Crippen LogP) is 3.51. The molecule has 0 spiro atoms. The second kappa shape index (κ2) is 8.92. The molecule has 158 valence electrons. The molecule has 30 heavy (non-hydrogen) atoms. The molecule has 4 rings (SSSR count). The van der Waals surface area contributed by atoms with Crippen LogP contribution < -0.4 is 20.3 Å². The second-order valence-electron chi connectivity index (χ2n) is 7.94. The van der Waals surface area contributed by atoms with Gasteiger partial charge < -0.3 is 20.3 Å². The minimum atomic E-state index is -0.0703. The largest absolute Gasteiger partial charge is 0.488 e. The number of carbonyl (C=O) groups is 1. The van der Waals surface area contributed by atoms with Crippen molar-refractivity contribution in [3.63, 3.8) is 0 Å². The average Bonchev–Trinajstić information content (AvgIpc) is 2.74. The van der Waals surface area contributed by atoms with Crippen LogP contribution in [0, 0.1) is 0 Å². The Morgan fingerprint density at radius 3 is 2.70 bits per heavy atom. The van der Waals surface area contributed by atoms with Gasteiger partial charge in [0, 0.05) is 43.0 Å². The third-order valence-corrected chi connectivity index (χ3v) is 5.71. The number of fused-ring (bicyclic) bond motifs is 1. The Hall–Kier alpha value is -2.80. The molecule has 7 nitrogen and oxygen atoms in total. The van der Waals surface area contributed by atoms with Gasteiger partial charge in [-0.2, -0.15) is 4.98 Å². The van der Waals surface area contributed by atoms with Gasteiger partial charge >= 0.3 is 0 Å². The Bertz CT molecular complexity index is 954. The number of nitrogens with zero attached hydrogens (tertiary/aromatic N) is 3. The third kappa shape index (κ3) is 4.84. The molecule has 1 aromatic carbocycles. The maximum absolute atomic E-state index is 12.7. The van der Waals surface area contributed by atoms with E-state index < -0.39 is 0 Å². The minimum Gasteiger partial charge on any atom is -0.488 e. The maximum atomic E-state index is 12.7. The molecule has 2 aromatic rings. The van der Waals surface area contributed by atoms with Crippen LogP contribution >= 0.6 is 11.6 Å². The molecule has 2 aliphatic rings. The summed E-state index contributed by atoms with van der Waals surface area (Å²) in [5.41, 5.74) is 1.46. The lowest BCUT2D eigenvalue weighted by molar-refractivity contribution is -0.118. The van der Waals surface area contributed by atoms with Crippen molar-refractivity contribution in [2.24, 2.45) is 0 Å². The number of aromatic nitrogens is 2. The lowest BCUT2D eigenvalue weighted by Gasteiger charge is -2.30. The van der Waals surface area contributed by atoms with Gasteiger partial charge in [-0.1, -0.05) is 11.6 Å². The lowest BCUT2D eigenvalue weighted by atomic mass is 9.91. The van der Waals surface area contributed by atoms with Gasteiger partial charge in [0.1, 0.15) is 18.2 Å². The van der Waals surface area contributed by atoms with Gasteiger partial charge in [-0.3, -0.25) is 4.79 Å².